The van der Waals surface area contributed by atoms with Gasteiger partial charge in [-0.05, 0) is 55.5 Å². The second-order valence-electron chi connectivity index (χ2n) is 5.65. The van der Waals surface area contributed by atoms with E-state index in [1.54, 1.807) is 11.3 Å². The van der Waals surface area contributed by atoms with Gasteiger partial charge in [0, 0.05) is 28.7 Å². The third kappa shape index (κ3) is 3.45. The van der Waals surface area contributed by atoms with Crippen molar-refractivity contribution in [2.45, 2.75) is 32.9 Å². The Morgan fingerprint density at radius 1 is 1.36 bits per heavy atom. The van der Waals surface area contributed by atoms with Crippen molar-refractivity contribution in [3.63, 3.8) is 0 Å². The summed E-state index contributed by atoms with van der Waals surface area (Å²) in [5.41, 5.74) is 3.21. The fourth-order valence-electron chi connectivity index (χ4n) is 2.66. The van der Waals surface area contributed by atoms with Crippen LogP contribution in [0.25, 0.3) is 0 Å². The molecule has 1 aliphatic rings. The van der Waals surface area contributed by atoms with Gasteiger partial charge in [-0.2, -0.15) is 0 Å². The Morgan fingerprint density at radius 2 is 2.18 bits per heavy atom. The van der Waals surface area contributed by atoms with Crippen LogP contribution >= 0.6 is 23.7 Å². The Hall–Kier alpha value is -1.52. The Labute approximate surface area is 141 Å². The van der Waals surface area contributed by atoms with E-state index in [4.69, 9.17) is 0 Å². The summed E-state index contributed by atoms with van der Waals surface area (Å²) in [4.78, 5) is 16.0. The summed E-state index contributed by atoms with van der Waals surface area (Å²) >= 11 is 1.70. The number of hydrogen-bond acceptors (Lipinski definition) is 3. The Kier molecular flexibility index (Phi) is 5.48. The number of amides is 1. The van der Waals surface area contributed by atoms with E-state index in [2.05, 4.69) is 30.6 Å². The number of fused-ring (bicyclic) bond motifs is 1. The maximum absolute atomic E-state index is 12.8. The van der Waals surface area contributed by atoms with Crippen molar-refractivity contribution in [3.8, 4) is 0 Å². The molecule has 1 aromatic heterocycles. The molecule has 0 spiro atoms. The first-order valence-electron chi connectivity index (χ1n) is 7.35. The molecule has 118 valence electrons. The van der Waals surface area contributed by atoms with Crippen molar-refractivity contribution < 1.29 is 4.79 Å². The average molecular weight is 337 g/mol. The largest absolute Gasteiger partial charge is 0.384 e. The summed E-state index contributed by atoms with van der Waals surface area (Å²) < 4.78 is 0. The Morgan fingerprint density at radius 3 is 2.86 bits per heavy atom. The highest BCUT2D eigenvalue weighted by Gasteiger charge is 2.21. The standard InChI is InChI=1S/C17H20N2OS.ClH/c1-12(2)19(11-15-4-3-9-21-15)17(20)14-5-6-16-13(10-14)7-8-18-16;/h3-6,9-10,12,18H,7-8,11H2,1-2H3;1H. The van der Waals surface area contributed by atoms with Crippen molar-refractivity contribution in [2.75, 3.05) is 11.9 Å². The quantitative estimate of drug-likeness (QED) is 0.908. The normalized spacial score (nSPS) is 12.5. The summed E-state index contributed by atoms with van der Waals surface area (Å²) in [7, 11) is 0. The van der Waals surface area contributed by atoms with Gasteiger partial charge in [-0.1, -0.05) is 6.07 Å². The number of halogens is 1. The molecule has 0 radical (unpaired) electrons. The number of anilines is 1. The molecule has 0 aliphatic carbocycles. The number of rotatable bonds is 4. The van der Waals surface area contributed by atoms with Gasteiger partial charge in [0.05, 0.1) is 6.54 Å². The van der Waals surface area contributed by atoms with E-state index in [-0.39, 0.29) is 24.4 Å². The van der Waals surface area contributed by atoms with Crippen molar-refractivity contribution in [3.05, 3.63) is 51.7 Å². The molecule has 2 aromatic rings. The molecule has 1 aromatic carbocycles. The molecule has 5 heteroatoms. The zero-order chi connectivity index (χ0) is 14.8. The highest BCUT2D eigenvalue weighted by molar-refractivity contribution is 7.09. The van der Waals surface area contributed by atoms with E-state index in [1.165, 1.54) is 16.1 Å². The molecule has 1 amide bonds. The molecular weight excluding hydrogens is 316 g/mol. The smallest absolute Gasteiger partial charge is 0.254 e. The monoisotopic (exact) mass is 336 g/mol. The highest BCUT2D eigenvalue weighted by Crippen LogP contribution is 2.24. The zero-order valence-corrected chi connectivity index (χ0v) is 14.5. The molecule has 0 fully saturated rings. The van der Waals surface area contributed by atoms with E-state index < -0.39 is 0 Å². The Bertz CT molecular complexity index is 640. The van der Waals surface area contributed by atoms with Crippen LogP contribution in [-0.2, 0) is 13.0 Å². The van der Waals surface area contributed by atoms with Crippen LogP contribution < -0.4 is 5.32 Å². The first-order chi connectivity index (χ1) is 10.1. The van der Waals surface area contributed by atoms with E-state index in [0.29, 0.717) is 6.54 Å². The second-order valence-corrected chi connectivity index (χ2v) is 6.69. The molecule has 0 atom stereocenters. The van der Waals surface area contributed by atoms with E-state index in [1.807, 2.05) is 29.2 Å². The molecule has 0 saturated carbocycles. The van der Waals surface area contributed by atoms with Crippen LogP contribution in [0.15, 0.2) is 35.7 Å². The molecule has 3 rings (SSSR count). The van der Waals surface area contributed by atoms with E-state index in [0.717, 1.165) is 18.5 Å². The predicted octanol–water partition coefficient (Wildman–Crippen LogP) is 4.19. The lowest BCUT2D eigenvalue weighted by atomic mass is 10.1. The third-order valence-corrected chi connectivity index (χ3v) is 4.71. The second kappa shape index (κ2) is 7.16. The summed E-state index contributed by atoms with van der Waals surface area (Å²) in [5, 5.41) is 5.39. The molecule has 1 N–H and O–H groups in total. The number of hydrogen-bond donors (Lipinski definition) is 1. The first-order valence-corrected chi connectivity index (χ1v) is 8.23. The van der Waals surface area contributed by atoms with Crippen LogP contribution in [0.1, 0.15) is 34.6 Å². The third-order valence-electron chi connectivity index (χ3n) is 3.85. The number of benzene rings is 1. The number of carbonyl (C=O) groups excluding carboxylic acids is 1. The lowest BCUT2D eigenvalue weighted by Gasteiger charge is -2.26. The van der Waals surface area contributed by atoms with Crippen molar-refractivity contribution in [2.24, 2.45) is 0 Å². The van der Waals surface area contributed by atoms with Gasteiger partial charge in [-0.15, -0.1) is 23.7 Å². The number of thiophene rings is 1. The Balaban J connectivity index is 0.00000176. The molecule has 3 nitrogen and oxygen atoms in total. The van der Waals surface area contributed by atoms with Crippen LogP contribution in [0.3, 0.4) is 0 Å². The maximum atomic E-state index is 12.8. The van der Waals surface area contributed by atoms with Crippen LogP contribution in [0, 0.1) is 0 Å². The summed E-state index contributed by atoms with van der Waals surface area (Å²) in [6, 6.07) is 10.3. The van der Waals surface area contributed by atoms with Gasteiger partial charge in [0.2, 0.25) is 0 Å². The molecule has 1 aliphatic heterocycles. The summed E-state index contributed by atoms with van der Waals surface area (Å²) in [5.74, 6) is 0.119. The predicted molar refractivity (Wildman–Crippen MR) is 95.2 cm³/mol. The fourth-order valence-corrected chi connectivity index (χ4v) is 3.37. The SMILES string of the molecule is CC(C)N(Cc1cccs1)C(=O)c1ccc2c(c1)CCN2.Cl. The van der Waals surface area contributed by atoms with Crippen LogP contribution in [0.5, 0.6) is 0 Å². The van der Waals surface area contributed by atoms with E-state index >= 15 is 0 Å². The van der Waals surface area contributed by atoms with Gasteiger partial charge in [-0.25, -0.2) is 0 Å². The minimum absolute atomic E-state index is 0. The van der Waals surface area contributed by atoms with Gasteiger partial charge < -0.3 is 10.2 Å². The number of carbonyl (C=O) groups is 1. The minimum Gasteiger partial charge on any atom is -0.384 e. The molecule has 0 unspecified atom stereocenters. The summed E-state index contributed by atoms with van der Waals surface area (Å²) in [6.07, 6.45) is 1.00. The fraction of sp³-hybridized carbons (Fsp3) is 0.353. The highest BCUT2D eigenvalue weighted by atomic mass is 35.5. The van der Waals surface area contributed by atoms with Gasteiger partial charge in [0.15, 0.2) is 0 Å². The van der Waals surface area contributed by atoms with Crippen molar-refractivity contribution >= 4 is 35.3 Å². The van der Waals surface area contributed by atoms with Gasteiger partial charge in [0.25, 0.3) is 5.91 Å². The average Bonchev–Trinajstić information content (AvgIpc) is 3.14. The number of nitrogens with zero attached hydrogens (tertiary/aromatic N) is 1. The number of nitrogens with one attached hydrogen (secondary N) is 1. The lowest BCUT2D eigenvalue weighted by Crippen LogP contribution is -2.36. The van der Waals surface area contributed by atoms with Gasteiger partial charge in [0.1, 0.15) is 0 Å². The zero-order valence-electron chi connectivity index (χ0n) is 12.8. The lowest BCUT2D eigenvalue weighted by molar-refractivity contribution is 0.0692. The van der Waals surface area contributed by atoms with Gasteiger partial charge >= 0.3 is 0 Å². The summed E-state index contributed by atoms with van der Waals surface area (Å²) in [6.45, 7) is 5.79. The molecular formula is C17H21ClN2OS. The van der Waals surface area contributed by atoms with Crippen LogP contribution in [0.4, 0.5) is 5.69 Å². The van der Waals surface area contributed by atoms with Gasteiger partial charge in [-0.3, -0.25) is 4.79 Å². The van der Waals surface area contributed by atoms with Crippen molar-refractivity contribution in [1.82, 2.24) is 4.90 Å². The topological polar surface area (TPSA) is 32.3 Å². The molecule has 0 bridgehead atoms. The minimum atomic E-state index is 0. The molecule has 22 heavy (non-hydrogen) atoms. The van der Waals surface area contributed by atoms with Crippen LogP contribution in [0.2, 0.25) is 0 Å². The molecule has 0 saturated heterocycles. The molecule has 2 heterocycles. The van der Waals surface area contributed by atoms with Crippen LogP contribution in [-0.4, -0.2) is 23.4 Å². The van der Waals surface area contributed by atoms with E-state index in [9.17, 15) is 4.79 Å². The van der Waals surface area contributed by atoms with Crippen molar-refractivity contribution in [1.29, 1.82) is 0 Å². The first kappa shape index (κ1) is 16.8. The maximum Gasteiger partial charge on any atom is 0.254 e.